The average molecular weight is 412 g/mol. The fourth-order valence-corrected chi connectivity index (χ4v) is 2.17. The molecule has 0 saturated carbocycles. The molecule has 0 bridgehead atoms. The van der Waals surface area contributed by atoms with Crippen molar-refractivity contribution >= 4 is 23.5 Å². The maximum atomic E-state index is 12.9. The number of nitrogens with one attached hydrogen (secondary N) is 1. The first-order valence-electron chi connectivity index (χ1n) is 7.44. The Bertz CT molecular complexity index is 1020. The van der Waals surface area contributed by atoms with E-state index in [2.05, 4.69) is 20.2 Å². The highest BCUT2D eigenvalue weighted by Gasteiger charge is 2.30. The summed E-state index contributed by atoms with van der Waals surface area (Å²) in [5.74, 6) is -0.723. The molecule has 1 aromatic carbocycles. The smallest absolute Gasteiger partial charge is 0.416 e. The van der Waals surface area contributed by atoms with Crippen molar-refractivity contribution in [3.63, 3.8) is 0 Å². The molecule has 2 aromatic heterocycles. The van der Waals surface area contributed by atoms with Crippen LogP contribution in [0.3, 0.4) is 0 Å². The van der Waals surface area contributed by atoms with Crippen LogP contribution in [0.4, 0.5) is 23.8 Å². The number of anilines is 1. The zero-order valence-corrected chi connectivity index (χ0v) is 14.4. The van der Waals surface area contributed by atoms with Crippen LogP contribution in [0.25, 0.3) is 11.4 Å². The van der Waals surface area contributed by atoms with Crippen LogP contribution in [0, 0.1) is 0 Å². The van der Waals surface area contributed by atoms with Crippen molar-refractivity contribution in [1.82, 2.24) is 20.2 Å². The monoisotopic (exact) mass is 411 g/mol. The third-order valence-corrected chi connectivity index (χ3v) is 3.47. The van der Waals surface area contributed by atoms with Crippen molar-refractivity contribution in [2.24, 2.45) is 0 Å². The van der Waals surface area contributed by atoms with Crippen molar-refractivity contribution in [3.05, 3.63) is 53.3 Å². The molecule has 8 nitrogen and oxygen atoms in total. The molecule has 0 aliphatic heterocycles. The standard InChI is InChI=1S/C16H9ClF3N5O3/c17-11-5-4-10(7-21-11)28-14-13(23-15(26)27)25-24-12(22-14)8-2-1-3-9(6-8)16(18,19)20/h1-7H,(H,23,25)(H,26,27). The van der Waals surface area contributed by atoms with E-state index in [-0.39, 0.29) is 34.0 Å². The number of aromatic nitrogens is 4. The molecular formula is C16H9ClF3N5O3. The summed E-state index contributed by atoms with van der Waals surface area (Å²) in [6.45, 7) is 0. The van der Waals surface area contributed by atoms with Crippen molar-refractivity contribution < 1.29 is 27.8 Å². The van der Waals surface area contributed by atoms with Crippen molar-refractivity contribution in [3.8, 4) is 23.0 Å². The van der Waals surface area contributed by atoms with Gasteiger partial charge in [0.25, 0.3) is 5.88 Å². The first kappa shape index (κ1) is 19.3. The SMILES string of the molecule is O=C(O)Nc1nnc(-c2cccc(C(F)(F)F)c2)nc1Oc1ccc(Cl)nc1. The lowest BCUT2D eigenvalue weighted by atomic mass is 10.1. The summed E-state index contributed by atoms with van der Waals surface area (Å²) in [5.41, 5.74) is -0.881. The molecule has 0 spiro atoms. The lowest BCUT2D eigenvalue weighted by molar-refractivity contribution is -0.137. The summed E-state index contributed by atoms with van der Waals surface area (Å²) >= 11 is 5.69. The van der Waals surface area contributed by atoms with Crippen LogP contribution < -0.4 is 10.1 Å². The van der Waals surface area contributed by atoms with Crippen LogP contribution in [0.5, 0.6) is 11.6 Å². The van der Waals surface area contributed by atoms with Gasteiger partial charge in [0.05, 0.1) is 11.8 Å². The first-order valence-corrected chi connectivity index (χ1v) is 7.82. The molecule has 0 aliphatic carbocycles. The summed E-state index contributed by atoms with van der Waals surface area (Å²) in [4.78, 5) is 18.7. The zero-order valence-electron chi connectivity index (χ0n) is 13.6. The Morgan fingerprint density at radius 2 is 1.96 bits per heavy atom. The average Bonchev–Trinajstić information content (AvgIpc) is 2.64. The van der Waals surface area contributed by atoms with Gasteiger partial charge in [-0.3, -0.25) is 5.32 Å². The lowest BCUT2D eigenvalue weighted by Gasteiger charge is -2.11. The minimum Gasteiger partial charge on any atom is -0.465 e. The number of hydrogen-bond acceptors (Lipinski definition) is 6. The zero-order chi connectivity index (χ0) is 20.3. The van der Waals surface area contributed by atoms with Crippen LogP contribution in [-0.4, -0.2) is 31.4 Å². The van der Waals surface area contributed by atoms with E-state index in [9.17, 15) is 18.0 Å². The predicted octanol–water partition coefficient (Wildman–Crippen LogP) is 4.49. The number of amides is 1. The molecule has 0 fully saturated rings. The minimum absolute atomic E-state index is 0.0169. The molecule has 0 radical (unpaired) electrons. The number of nitrogens with zero attached hydrogens (tertiary/aromatic N) is 4. The lowest BCUT2D eigenvalue weighted by Crippen LogP contribution is -2.12. The molecule has 1 amide bonds. The Balaban J connectivity index is 2.02. The molecule has 0 atom stereocenters. The van der Waals surface area contributed by atoms with E-state index < -0.39 is 17.8 Å². The maximum absolute atomic E-state index is 12.9. The molecule has 0 saturated heterocycles. The van der Waals surface area contributed by atoms with Gasteiger partial charge in [0.15, 0.2) is 5.82 Å². The second kappa shape index (κ2) is 7.64. The van der Waals surface area contributed by atoms with Crippen molar-refractivity contribution in [2.75, 3.05) is 5.32 Å². The maximum Gasteiger partial charge on any atom is 0.416 e. The molecule has 0 aliphatic rings. The summed E-state index contributed by atoms with van der Waals surface area (Å²) < 4.78 is 44.2. The second-order valence-electron chi connectivity index (χ2n) is 5.22. The largest absolute Gasteiger partial charge is 0.465 e. The van der Waals surface area contributed by atoms with E-state index >= 15 is 0 Å². The van der Waals surface area contributed by atoms with Crippen molar-refractivity contribution in [1.29, 1.82) is 0 Å². The third kappa shape index (κ3) is 4.62. The van der Waals surface area contributed by atoms with Crippen LogP contribution in [0.2, 0.25) is 5.15 Å². The fourth-order valence-electron chi connectivity index (χ4n) is 2.05. The molecule has 3 rings (SSSR count). The van der Waals surface area contributed by atoms with Crippen molar-refractivity contribution in [2.45, 2.75) is 6.18 Å². The molecule has 2 heterocycles. The van der Waals surface area contributed by atoms with Gasteiger partial charge in [0.1, 0.15) is 10.9 Å². The number of hydrogen-bond donors (Lipinski definition) is 2. The van der Waals surface area contributed by atoms with E-state index in [1.807, 2.05) is 5.32 Å². The minimum atomic E-state index is -4.55. The van der Waals surface area contributed by atoms with Crippen LogP contribution in [0.1, 0.15) is 5.56 Å². The molecular weight excluding hydrogens is 403 g/mol. The first-order chi connectivity index (χ1) is 13.2. The highest BCUT2D eigenvalue weighted by molar-refractivity contribution is 6.29. The van der Waals surface area contributed by atoms with Gasteiger partial charge in [0, 0.05) is 5.56 Å². The molecule has 3 aromatic rings. The van der Waals surface area contributed by atoms with Gasteiger partial charge in [-0.25, -0.2) is 9.78 Å². The number of benzene rings is 1. The van der Waals surface area contributed by atoms with E-state index in [1.54, 1.807) is 0 Å². The number of halogens is 4. The van der Waals surface area contributed by atoms with Gasteiger partial charge in [-0.05, 0) is 24.3 Å². The van der Waals surface area contributed by atoms with Crippen LogP contribution in [-0.2, 0) is 6.18 Å². The molecule has 2 N–H and O–H groups in total. The van der Waals surface area contributed by atoms with Gasteiger partial charge >= 0.3 is 12.3 Å². The molecule has 28 heavy (non-hydrogen) atoms. The third-order valence-electron chi connectivity index (χ3n) is 3.24. The second-order valence-corrected chi connectivity index (χ2v) is 5.60. The Hall–Kier alpha value is -3.47. The Labute approximate surface area is 160 Å². The van der Waals surface area contributed by atoms with Gasteiger partial charge < -0.3 is 9.84 Å². The van der Waals surface area contributed by atoms with E-state index in [4.69, 9.17) is 21.4 Å². The van der Waals surface area contributed by atoms with Gasteiger partial charge in [-0.15, -0.1) is 10.2 Å². The molecule has 144 valence electrons. The number of carboxylic acid groups (broad SMARTS) is 1. The number of alkyl halides is 3. The van der Waals surface area contributed by atoms with E-state index in [0.717, 1.165) is 12.1 Å². The summed E-state index contributed by atoms with van der Waals surface area (Å²) in [6.07, 6.45) is -4.76. The van der Waals surface area contributed by atoms with Gasteiger partial charge in [-0.1, -0.05) is 23.7 Å². The summed E-state index contributed by atoms with van der Waals surface area (Å²) in [7, 11) is 0. The van der Waals surface area contributed by atoms with E-state index in [1.165, 1.54) is 30.5 Å². The summed E-state index contributed by atoms with van der Waals surface area (Å²) in [5, 5.41) is 18.3. The molecule has 12 heteroatoms. The number of ether oxygens (including phenoxy) is 1. The summed E-state index contributed by atoms with van der Waals surface area (Å²) in [6, 6.07) is 7.14. The highest BCUT2D eigenvalue weighted by atomic mass is 35.5. The topological polar surface area (TPSA) is 110 Å². The van der Waals surface area contributed by atoms with Crippen LogP contribution >= 0.6 is 11.6 Å². The normalized spacial score (nSPS) is 11.1. The van der Waals surface area contributed by atoms with Crippen LogP contribution in [0.15, 0.2) is 42.6 Å². The molecule has 0 unspecified atom stereocenters. The number of carbonyl (C=O) groups is 1. The van der Waals surface area contributed by atoms with E-state index in [0.29, 0.717) is 0 Å². The number of rotatable bonds is 4. The highest BCUT2D eigenvalue weighted by Crippen LogP contribution is 2.32. The predicted molar refractivity (Wildman–Crippen MR) is 91.2 cm³/mol. The Morgan fingerprint density at radius 1 is 1.18 bits per heavy atom. The number of pyridine rings is 1. The van der Waals surface area contributed by atoms with Gasteiger partial charge in [-0.2, -0.15) is 18.2 Å². The Morgan fingerprint density at radius 3 is 2.61 bits per heavy atom. The van der Waals surface area contributed by atoms with Gasteiger partial charge in [0.2, 0.25) is 5.82 Å². The quantitative estimate of drug-likeness (QED) is 0.608. The Kier molecular flexibility index (Phi) is 5.27. The fraction of sp³-hybridized carbons (Fsp3) is 0.0625.